The molecule has 0 N–H and O–H groups in total. The molecule has 0 bridgehead atoms. The van der Waals surface area contributed by atoms with E-state index in [1.807, 2.05) is 35.0 Å². The number of fused-ring (bicyclic) bond motifs is 8. The van der Waals surface area contributed by atoms with Crippen LogP contribution < -0.4 is 15.2 Å². The van der Waals surface area contributed by atoms with Crippen LogP contribution in [0.3, 0.4) is 0 Å². The van der Waals surface area contributed by atoms with Crippen molar-refractivity contribution in [1.82, 2.24) is 14.3 Å². The van der Waals surface area contributed by atoms with Crippen molar-refractivity contribution in [2.24, 2.45) is 7.05 Å². The number of para-hydroxylation sites is 2. The van der Waals surface area contributed by atoms with Gasteiger partial charge < -0.3 is 9.30 Å². The summed E-state index contributed by atoms with van der Waals surface area (Å²) in [4.78, 5) is 28.5. The molecule has 2 aliphatic heterocycles. The van der Waals surface area contributed by atoms with E-state index >= 15 is 0 Å². The highest BCUT2D eigenvalue weighted by Gasteiger charge is 2.49. The standard InChI is InChI=1S/C27H22Cl2N4O3/c1-13(2)24-21-23(30-33(24)17-7-5-6-8-19(17)36-4)27(35)32-18-12-31(3)26(34)22(29)20(18)16-11-14(28)9-10-15(16)25(21)32/h5-13,25H,1-4H3. The number of pyridine rings is 1. The zero-order valence-corrected chi connectivity index (χ0v) is 21.6. The molecule has 2 aliphatic rings. The van der Waals surface area contributed by atoms with Gasteiger partial charge in [0.1, 0.15) is 16.5 Å². The van der Waals surface area contributed by atoms with Gasteiger partial charge in [0.2, 0.25) is 0 Å². The normalized spacial score (nSPS) is 15.6. The Bertz CT molecular complexity index is 1650. The number of amides is 1. The molecule has 0 fully saturated rings. The Morgan fingerprint density at radius 3 is 2.53 bits per heavy atom. The van der Waals surface area contributed by atoms with Crippen LogP contribution in [0, 0.1) is 0 Å². The zero-order chi connectivity index (χ0) is 25.5. The fraction of sp³-hybridized carbons (Fsp3) is 0.222. The lowest BCUT2D eigenvalue weighted by atomic mass is 9.86. The lowest BCUT2D eigenvalue weighted by Gasteiger charge is -2.35. The summed E-state index contributed by atoms with van der Waals surface area (Å²) in [6, 6.07) is 12.7. The SMILES string of the molecule is COc1ccccc1-n1nc2c(c1C(C)C)C1c3ccc(Cl)cc3-c3c(cn(C)c(=O)c3Cl)N1C2=O. The van der Waals surface area contributed by atoms with Crippen LogP contribution in [0.1, 0.15) is 53.1 Å². The molecule has 2 aromatic carbocycles. The van der Waals surface area contributed by atoms with Gasteiger partial charge in [-0.1, -0.05) is 55.2 Å². The van der Waals surface area contributed by atoms with E-state index in [1.54, 1.807) is 37.4 Å². The number of nitrogens with zero attached hydrogens (tertiary/aromatic N) is 4. The number of carbonyl (C=O) groups excluding carboxylic acids is 1. The summed E-state index contributed by atoms with van der Waals surface area (Å²) < 4.78 is 8.82. The van der Waals surface area contributed by atoms with Crippen LogP contribution in [0.25, 0.3) is 16.8 Å². The molecule has 36 heavy (non-hydrogen) atoms. The van der Waals surface area contributed by atoms with Crippen molar-refractivity contribution in [1.29, 1.82) is 0 Å². The highest BCUT2D eigenvalue weighted by atomic mass is 35.5. The Morgan fingerprint density at radius 2 is 1.81 bits per heavy atom. The van der Waals surface area contributed by atoms with E-state index in [0.717, 1.165) is 28.1 Å². The van der Waals surface area contributed by atoms with Crippen molar-refractivity contribution in [3.8, 4) is 22.6 Å². The summed E-state index contributed by atoms with van der Waals surface area (Å²) in [6.45, 7) is 4.16. The third-order valence-electron chi connectivity index (χ3n) is 6.91. The van der Waals surface area contributed by atoms with Gasteiger partial charge in [0, 0.05) is 29.4 Å². The molecule has 1 unspecified atom stereocenters. The highest BCUT2D eigenvalue weighted by Crippen LogP contribution is 2.54. The third-order valence-corrected chi connectivity index (χ3v) is 7.50. The summed E-state index contributed by atoms with van der Waals surface area (Å²) >= 11 is 13.0. The summed E-state index contributed by atoms with van der Waals surface area (Å²) in [5, 5.41) is 5.41. The number of hydrogen-bond donors (Lipinski definition) is 0. The number of methoxy groups -OCH3 is 1. The monoisotopic (exact) mass is 520 g/mol. The first kappa shape index (κ1) is 22.9. The van der Waals surface area contributed by atoms with E-state index in [9.17, 15) is 9.59 Å². The van der Waals surface area contributed by atoms with Crippen LogP contribution in [0.4, 0.5) is 5.69 Å². The average Bonchev–Trinajstić information content (AvgIpc) is 3.38. The minimum Gasteiger partial charge on any atom is -0.494 e. The lowest BCUT2D eigenvalue weighted by molar-refractivity contribution is 0.0988. The molecule has 0 spiro atoms. The fourth-order valence-electron chi connectivity index (χ4n) is 5.42. The van der Waals surface area contributed by atoms with Gasteiger partial charge in [-0.25, -0.2) is 4.68 Å². The van der Waals surface area contributed by atoms with Gasteiger partial charge in [-0.2, -0.15) is 5.10 Å². The Labute approximate surface area is 217 Å². The molecule has 1 amide bonds. The van der Waals surface area contributed by atoms with Crippen LogP contribution >= 0.6 is 23.2 Å². The second-order valence-electron chi connectivity index (χ2n) is 9.31. The van der Waals surface area contributed by atoms with Crippen molar-refractivity contribution in [2.45, 2.75) is 25.8 Å². The summed E-state index contributed by atoms with van der Waals surface area (Å²) in [6.07, 6.45) is 1.66. The molecular formula is C27H22Cl2N4O3. The number of aromatic nitrogens is 3. The molecule has 1 atom stereocenters. The van der Waals surface area contributed by atoms with Gasteiger partial charge in [0.05, 0.1) is 24.5 Å². The van der Waals surface area contributed by atoms with Crippen molar-refractivity contribution in [3.63, 3.8) is 0 Å². The number of halogens is 2. The topological polar surface area (TPSA) is 69.4 Å². The number of rotatable bonds is 3. The number of ether oxygens (including phenoxy) is 1. The largest absolute Gasteiger partial charge is 0.494 e. The van der Waals surface area contributed by atoms with Gasteiger partial charge in [-0.3, -0.25) is 14.5 Å². The first-order valence-electron chi connectivity index (χ1n) is 11.5. The number of carbonyl (C=O) groups is 1. The number of hydrogen-bond acceptors (Lipinski definition) is 4. The Hall–Kier alpha value is -3.55. The van der Waals surface area contributed by atoms with Gasteiger partial charge in [0.15, 0.2) is 5.69 Å². The van der Waals surface area contributed by atoms with E-state index < -0.39 is 6.04 Å². The van der Waals surface area contributed by atoms with Gasteiger partial charge in [0.25, 0.3) is 11.5 Å². The average molecular weight is 521 g/mol. The Kier molecular flexibility index (Phi) is 5.07. The van der Waals surface area contributed by atoms with Gasteiger partial charge in [-0.15, -0.1) is 0 Å². The van der Waals surface area contributed by atoms with E-state index in [1.165, 1.54) is 4.57 Å². The van der Waals surface area contributed by atoms with Crippen molar-refractivity contribution in [3.05, 3.63) is 91.6 Å². The zero-order valence-electron chi connectivity index (χ0n) is 20.0. The molecule has 0 aliphatic carbocycles. The Morgan fingerprint density at radius 1 is 1.06 bits per heavy atom. The Balaban J connectivity index is 1.69. The second-order valence-corrected chi connectivity index (χ2v) is 10.1. The molecule has 0 radical (unpaired) electrons. The lowest BCUT2D eigenvalue weighted by Crippen LogP contribution is -2.35. The summed E-state index contributed by atoms with van der Waals surface area (Å²) in [5.74, 6) is 0.453. The smallest absolute Gasteiger partial charge is 0.280 e. The highest BCUT2D eigenvalue weighted by molar-refractivity contribution is 6.35. The maximum Gasteiger partial charge on any atom is 0.280 e. The van der Waals surface area contributed by atoms with Crippen LogP contribution in [0.15, 0.2) is 53.5 Å². The summed E-state index contributed by atoms with van der Waals surface area (Å²) in [7, 11) is 3.24. The van der Waals surface area contributed by atoms with Crippen molar-refractivity contribution < 1.29 is 9.53 Å². The second kappa shape index (κ2) is 7.98. The molecule has 7 nitrogen and oxygen atoms in total. The molecule has 4 aromatic rings. The fourth-order valence-corrected chi connectivity index (χ4v) is 5.93. The van der Waals surface area contributed by atoms with Gasteiger partial charge in [-0.05, 0) is 41.3 Å². The van der Waals surface area contributed by atoms with E-state index in [4.69, 9.17) is 33.0 Å². The molecule has 0 saturated heterocycles. The van der Waals surface area contributed by atoms with Crippen molar-refractivity contribution in [2.75, 3.05) is 12.0 Å². The minimum absolute atomic E-state index is 0.0415. The number of aryl methyl sites for hydroxylation is 1. The van der Waals surface area contributed by atoms with E-state index in [0.29, 0.717) is 27.7 Å². The summed E-state index contributed by atoms with van der Waals surface area (Å²) in [5.41, 5.74) is 5.18. The van der Waals surface area contributed by atoms with Crippen LogP contribution in [-0.2, 0) is 7.05 Å². The van der Waals surface area contributed by atoms with Crippen LogP contribution in [0.5, 0.6) is 5.75 Å². The van der Waals surface area contributed by atoms with Crippen LogP contribution in [0.2, 0.25) is 10.0 Å². The molecule has 4 heterocycles. The first-order chi connectivity index (χ1) is 17.2. The predicted octanol–water partition coefficient (Wildman–Crippen LogP) is 5.74. The molecule has 9 heteroatoms. The predicted molar refractivity (Wildman–Crippen MR) is 140 cm³/mol. The first-order valence-corrected chi connectivity index (χ1v) is 12.3. The molecule has 0 saturated carbocycles. The number of benzene rings is 2. The van der Waals surface area contributed by atoms with E-state index in [-0.39, 0.29) is 22.4 Å². The molecule has 182 valence electrons. The molecule has 6 rings (SSSR count). The maximum absolute atomic E-state index is 14.0. The molecular weight excluding hydrogens is 499 g/mol. The van der Waals surface area contributed by atoms with E-state index in [2.05, 4.69) is 13.8 Å². The third kappa shape index (κ3) is 2.96. The quantitative estimate of drug-likeness (QED) is 0.345. The van der Waals surface area contributed by atoms with Gasteiger partial charge >= 0.3 is 0 Å². The minimum atomic E-state index is -0.443. The number of anilines is 1. The van der Waals surface area contributed by atoms with Crippen molar-refractivity contribution >= 4 is 34.8 Å². The van der Waals surface area contributed by atoms with Crippen LogP contribution in [-0.4, -0.2) is 27.4 Å². The molecule has 2 aromatic heterocycles. The maximum atomic E-state index is 14.0.